The third-order valence-corrected chi connectivity index (χ3v) is 7.04. The van der Waals surface area contributed by atoms with E-state index in [1.165, 1.54) is 30.6 Å². The minimum atomic E-state index is -4.74. The lowest BCUT2D eigenvalue weighted by Crippen LogP contribution is -2.34. The van der Waals surface area contributed by atoms with Crippen LogP contribution in [0, 0.1) is 0 Å². The molecule has 0 unspecified atom stereocenters. The van der Waals surface area contributed by atoms with Gasteiger partial charge in [-0.15, -0.1) is 0 Å². The molecular formula is C29H25F6N5O2. The van der Waals surface area contributed by atoms with Crippen molar-refractivity contribution < 1.29 is 36.6 Å². The van der Waals surface area contributed by atoms with Gasteiger partial charge in [-0.1, -0.05) is 24.3 Å². The molecule has 5 rings (SSSR count). The number of rotatable bonds is 6. The van der Waals surface area contributed by atoms with E-state index in [9.17, 15) is 36.6 Å². The molecule has 0 bridgehead atoms. The molecular weight excluding hydrogens is 564 g/mol. The summed E-state index contributed by atoms with van der Waals surface area (Å²) in [5.74, 6) is 0.145. The molecule has 2 aromatic carbocycles. The zero-order valence-corrected chi connectivity index (χ0v) is 22.0. The van der Waals surface area contributed by atoms with Crippen molar-refractivity contribution in [2.45, 2.75) is 50.4 Å². The summed E-state index contributed by atoms with van der Waals surface area (Å²) in [6.45, 7) is 1.59. The molecule has 13 heteroatoms. The number of hydrogen-bond acceptors (Lipinski definition) is 7. The molecule has 4 aromatic rings. The molecule has 0 spiro atoms. The fourth-order valence-electron chi connectivity index (χ4n) is 4.78. The van der Waals surface area contributed by atoms with Crippen LogP contribution in [0.15, 0.2) is 67.0 Å². The van der Waals surface area contributed by atoms with Crippen LogP contribution in [0.2, 0.25) is 0 Å². The molecule has 0 saturated heterocycles. The number of halogens is 6. The maximum Gasteiger partial charge on any atom is 0.433 e. The predicted octanol–water partition coefficient (Wildman–Crippen LogP) is 6.31. The number of fused-ring (bicyclic) bond motifs is 1. The van der Waals surface area contributed by atoms with Crippen LogP contribution in [0.1, 0.15) is 40.9 Å². The van der Waals surface area contributed by atoms with Gasteiger partial charge >= 0.3 is 12.4 Å². The smallest absolute Gasteiger partial charge is 0.390 e. The van der Waals surface area contributed by atoms with Crippen LogP contribution in [-0.4, -0.2) is 37.4 Å². The SMILES string of the molecule is C[C@@H](Nc1nc(C(F)(F)F)ccc1-c1cc(Nc2cccc3c2C[C@@H](O)[C@@H](O)C3)ncn1)c1ccc(C(F)(F)F)cc1. The Bertz CT molecular complexity index is 1580. The second-order valence-electron chi connectivity index (χ2n) is 9.98. The van der Waals surface area contributed by atoms with Crippen LogP contribution < -0.4 is 10.6 Å². The molecule has 3 atom stereocenters. The van der Waals surface area contributed by atoms with Gasteiger partial charge in [0.05, 0.1) is 23.5 Å². The number of nitrogens with one attached hydrogen (secondary N) is 2. The monoisotopic (exact) mass is 589 g/mol. The van der Waals surface area contributed by atoms with Gasteiger partial charge in [-0.2, -0.15) is 26.3 Å². The quantitative estimate of drug-likeness (QED) is 0.196. The van der Waals surface area contributed by atoms with E-state index >= 15 is 0 Å². The predicted molar refractivity (Wildman–Crippen MR) is 143 cm³/mol. The fraction of sp³-hybridized carbons (Fsp3) is 0.276. The van der Waals surface area contributed by atoms with Gasteiger partial charge in [0.1, 0.15) is 23.7 Å². The number of hydrogen-bond donors (Lipinski definition) is 4. The van der Waals surface area contributed by atoms with Crippen molar-refractivity contribution in [1.29, 1.82) is 0 Å². The van der Waals surface area contributed by atoms with Crippen LogP contribution in [0.25, 0.3) is 11.3 Å². The zero-order chi connectivity index (χ0) is 30.2. The first-order chi connectivity index (χ1) is 19.8. The normalized spacial score (nSPS) is 17.8. The van der Waals surface area contributed by atoms with Crippen LogP contribution in [0.3, 0.4) is 0 Å². The maximum absolute atomic E-state index is 13.5. The zero-order valence-electron chi connectivity index (χ0n) is 22.0. The molecule has 220 valence electrons. The average molecular weight is 590 g/mol. The van der Waals surface area contributed by atoms with E-state index in [1.807, 2.05) is 6.07 Å². The third kappa shape index (κ3) is 6.31. The van der Waals surface area contributed by atoms with E-state index in [4.69, 9.17) is 0 Å². The van der Waals surface area contributed by atoms with E-state index in [0.717, 1.165) is 29.3 Å². The van der Waals surface area contributed by atoms with Gasteiger partial charge in [-0.3, -0.25) is 0 Å². The highest BCUT2D eigenvalue weighted by molar-refractivity contribution is 5.75. The van der Waals surface area contributed by atoms with Crippen molar-refractivity contribution in [3.05, 3.63) is 94.9 Å². The van der Waals surface area contributed by atoms with Gasteiger partial charge in [0.15, 0.2) is 0 Å². The molecule has 0 fully saturated rings. The highest BCUT2D eigenvalue weighted by atomic mass is 19.4. The third-order valence-electron chi connectivity index (χ3n) is 7.04. The van der Waals surface area contributed by atoms with Crippen molar-refractivity contribution in [1.82, 2.24) is 15.0 Å². The molecule has 2 aromatic heterocycles. The van der Waals surface area contributed by atoms with E-state index in [0.29, 0.717) is 17.1 Å². The minimum Gasteiger partial charge on any atom is -0.390 e. The number of alkyl halides is 6. The lowest BCUT2D eigenvalue weighted by atomic mass is 9.86. The Balaban J connectivity index is 1.46. The van der Waals surface area contributed by atoms with Crippen molar-refractivity contribution in [3.63, 3.8) is 0 Å². The Kier molecular flexibility index (Phi) is 7.82. The van der Waals surface area contributed by atoms with E-state index < -0.39 is 41.9 Å². The second kappa shape index (κ2) is 11.2. The highest BCUT2D eigenvalue weighted by Gasteiger charge is 2.34. The first kappa shape index (κ1) is 29.3. The summed E-state index contributed by atoms with van der Waals surface area (Å²) >= 11 is 0. The number of benzene rings is 2. The summed E-state index contributed by atoms with van der Waals surface area (Å²) in [6, 6.07) is 12.6. The summed E-state index contributed by atoms with van der Waals surface area (Å²) in [7, 11) is 0. The maximum atomic E-state index is 13.5. The molecule has 42 heavy (non-hydrogen) atoms. The Labute approximate surface area is 236 Å². The molecule has 7 nitrogen and oxygen atoms in total. The Morgan fingerprint density at radius 2 is 1.57 bits per heavy atom. The van der Waals surface area contributed by atoms with E-state index in [2.05, 4.69) is 25.6 Å². The van der Waals surface area contributed by atoms with Crippen molar-refractivity contribution in [2.24, 2.45) is 0 Å². The molecule has 2 heterocycles. The number of aliphatic hydroxyl groups excluding tert-OH is 2. The number of aliphatic hydroxyl groups is 2. The van der Waals surface area contributed by atoms with Gasteiger partial charge in [0.2, 0.25) is 0 Å². The van der Waals surface area contributed by atoms with Crippen LogP contribution in [0.4, 0.5) is 43.7 Å². The van der Waals surface area contributed by atoms with Crippen molar-refractivity contribution in [3.8, 4) is 11.3 Å². The van der Waals surface area contributed by atoms with Crippen LogP contribution >= 0.6 is 0 Å². The lowest BCUT2D eigenvalue weighted by molar-refractivity contribution is -0.141. The first-order valence-electron chi connectivity index (χ1n) is 12.9. The van der Waals surface area contributed by atoms with Gasteiger partial charge in [-0.25, -0.2) is 15.0 Å². The molecule has 0 aliphatic heterocycles. The highest BCUT2D eigenvalue weighted by Crippen LogP contribution is 2.36. The molecule has 1 aliphatic rings. The summed E-state index contributed by atoms with van der Waals surface area (Å²) in [6.07, 6.45) is -9.34. The van der Waals surface area contributed by atoms with E-state index in [1.54, 1.807) is 19.1 Å². The first-order valence-corrected chi connectivity index (χ1v) is 12.9. The Hall–Kier alpha value is -4.23. The van der Waals surface area contributed by atoms with Crippen molar-refractivity contribution >= 4 is 17.3 Å². The second-order valence-corrected chi connectivity index (χ2v) is 9.98. The Morgan fingerprint density at radius 3 is 2.26 bits per heavy atom. The van der Waals surface area contributed by atoms with Crippen molar-refractivity contribution in [2.75, 3.05) is 10.6 Å². The molecule has 0 radical (unpaired) electrons. The van der Waals surface area contributed by atoms with Gasteiger partial charge in [-0.05, 0) is 53.9 Å². The Morgan fingerprint density at radius 1 is 0.857 bits per heavy atom. The summed E-state index contributed by atoms with van der Waals surface area (Å²) in [5, 5.41) is 26.2. The van der Waals surface area contributed by atoms with Gasteiger partial charge < -0.3 is 20.8 Å². The average Bonchev–Trinajstić information content (AvgIpc) is 2.93. The number of nitrogens with zero attached hydrogens (tertiary/aromatic N) is 3. The lowest BCUT2D eigenvalue weighted by Gasteiger charge is -2.27. The number of pyridine rings is 1. The topological polar surface area (TPSA) is 103 Å². The molecule has 0 saturated carbocycles. The fourth-order valence-corrected chi connectivity index (χ4v) is 4.78. The van der Waals surface area contributed by atoms with Crippen LogP contribution in [0.5, 0.6) is 0 Å². The molecule has 0 amide bonds. The number of aromatic nitrogens is 3. The largest absolute Gasteiger partial charge is 0.433 e. The molecule has 1 aliphatic carbocycles. The number of anilines is 3. The van der Waals surface area contributed by atoms with Gasteiger partial charge in [0.25, 0.3) is 0 Å². The standard InChI is InChI=1S/C29H25F6N5O2/c1-15(16-5-7-18(8-6-16)28(30,31)32)38-27-19(9-10-25(40-27)29(33,34)35)22-13-26(37-14-36-22)39-21-4-2-3-17-11-23(41)24(42)12-20(17)21/h2-10,13-15,23-24,41-42H,11-12H2,1H3,(H,38,40)(H,36,37,39)/t15-,23+,24-/m1/s1. The van der Waals surface area contributed by atoms with E-state index in [-0.39, 0.29) is 29.9 Å². The minimum absolute atomic E-state index is 0.170. The summed E-state index contributed by atoms with van der Waals surface area (Å²) < 4.78 is 79.6. The summed E-state index contributed by atoms with van der Waals surface area (Å²) in [5.41, 5.74) is 1.15. The molecule has 4 N–H and O–H groups in total. The van der Waals surface area contributed by atoms with Gasteiger partial charge in [0, 0.05) is 36.2 Å². The summed E-state index contributed by atoms with van der Waals surface area (Å²) in [4.78, 5) is 12.2. The van der Waals surface area contributed by atoms with Crippen LogP contribution in [-0.2, 0) is 25.2 Å².